The lowest BCUT2D eigenvalue weighted by molar-refractivity contribution is 0.485. The minimum Gasteiger partial charge on any atom is -0.370 e. The van der Waals surface area contributed by atoms with Gasteiger partial charge in [-0.25, -0.2) is 0 Å². The zero-order valence-electron chi connectivity index (χ0n) is 10.4. The molecule has 1 aliphatic rings. The van der Waals surface area contributed by atoms with Crippen LogP contribution >= 0.6 is 15.9 Å². The van der Waals surface area contributed by atoms with Gasteiger partial charge in [-0.2, -0.15) is 8.42 Å². The average Bonchev–Trinajstić information content (AvgIpc) is 2.71. The van der Waals surface area contributed by atoms with Crippen molar-refractivity contribution in [1.82, 2.24) is 0 Å². The average molecular weight is 354 g/mol. The van der Waals surface area contributed by atoms with Gasteiger partial charge in [0.25, 0.3) is 10.1 Å². The molecule has 20 heavy (non-hydrogen) atoms. The quantitative estimate of drug-likeness (QED) is 0.709. The highest BCUT2D eigenvalue weighted by atomic mass is 79.9. The smallest absolute Gasteiger partial charge is 0.283 e. The van der Waals surface area contributed by atoms with Crippen LogP contribution in [0.4, 0.5) is 5.69 Å². The number of benzene rings is 2. The molecule has 0 fully saturated rings. The lowest BCUT2D eigenvalue weighted by Crippen LogP contribution is -2.12. The molecule has 0 radical (unpaired) electrons. The topological polar surface area (TPSA) is 66.4 Å². The Kier molecular flexibility index (Phi) is 3.32. The zero-order valence-corrected chi connectivity index (χ0v) is 12.8. The summed E-state index contributed by atoms with van der Waals surface area (Å²) < 4.78 is 31.3. The second kappa shape index (κ2) is 4.87. The Morgan fingerprint density at radius 2 is 1.75 bits per heavy atom. The van der Waals surface area contributed by atoms with E-state index in [1.807, 2.05) is 24.3 Å². The van der Waals surface area contributed by atoms with E-state index in [4.69, 9.17) is 4.55 Å². The minimum absolute atomic E-state index is 0.482. The predicted octanol–water partition coefficient (Wildman–Crippen LogP) is 3.28. The van der Waals surface area contributed by atoms with E-state index in [1.165, 1.54) is 16.7 Å². The van der Waals surface area contributed by atoms with Crippen LogP contribution in [0, 0.1) is 0 Å². The summed E-state index contributed by atoms with van der Waals surface area (Å²) in [6, 6.07) is 11.9. The Morgan fingerprint density at radius 1 is 1.10 bits per heavy atom. The van der Waals surface area contributed by atoms with Crippen molar-refractivity contribution in [3.8, 4) is 11.1 Å². The summed E-state index contributed by atoms with van der Waals surface area (Å²) in [5, 5.41) is 2.71. The summed E-state index contributed by atoms with van der Waals surface area (Å²) in [5.74, 6) is -0.482. The first-order valence-electron chi connectivity index (χ1n) is 6.03. The monoisotopic (exact) mass is 353 g/mol. The summed E-state index contributed by atoms with van der Waals surface area (Å²) in [7, 11) is -4.01. The molecule has 0 aromatic heterocycles. The van der Waals surface area contributed by atoms with Crippen molar-refractivity contribution in [3.05, 3.63) is 52.0 Å². The molecule has 0 atom stereocenters. The molecule has 6 heteroatoms. The number of hydrogen-bond donors (Lipinski definition) is 2. The Bertz CT molecular complexity index is 787. The van der Waals surface area contributed by atoms with E-state index >= 15 is 0 Å². The standard InChI is InChI=1S/C14H12BrNO3S/c15-11-1-3-13-9(6-11)5-10-7-12(2-4-14(10)13)16-8-20(17,18)19/h1-4,6-7,16H,5,8H2,(H,17,18,19). The fraction of sp³-hybridized carbons (Fsp3) is 0.143. The molecule has 2 aromatic carbocycles. The highest BCUT2D eigenvalue weighted by Gasteiger charge is 2.18. The van der Waals surface area contributed by atoms with E-state index in [9.17, 15) is 8.42 Å². The van der Waals surface area contributed by atoms with Gasteiger partial charge in [-0.1, -0.05) is 28.1 Å². The third-order valence-electron chi connectivity index (χ3n) is 3.30. The van der Waals surface area contributed by atoms with E-state index in [0.29, 0.717) is 5.69 Å². The molecular formula is C14H12BrNO3S. The Hall–Kier alpha value is -1.37. The van der Waals surface area contributed by atoms with Crippen LogP contribution in [-0.4, -0.2) is 18.8 Å². The molecule has 0 saturated carbocycles. The van der Waals surface area contributed by atoms with Gasteiger partial charge in [-0.15, -0.1) is 0 Å². The van der Waals surface area contributed by atoms with Crippen molar-refractivity contribution in [2.24, 2.45) is 0 Å². The number of rotatable bonds is 3. The van der Waals surface area contributed by atoms with Crippen LogP contribution in [0.3, 0.4) is 0 Å². The second-order valence-electron chi connectivity index (χ2n) is 4.75. The van der Waals surface area contributed by atoms with E-state index in [1.54, 1.807) is 0 Å². The zero-order chi connectivity index (χ0) is 14.3. The Morgan fingerprint density at radius 3 is 2.45 bits per heavy atom. The molecule has 1 aliphatic carbocycles. The van der Waals surface area contributed by atoms with Gasteiger partial charge < -0.3 is 5.32 Å². The van der Waals surface area contributed by atoms with Gasteiger partial charge in [0.15, 0.2) is 0 Å². The maximum absolute atomic E-state index is 10.7. The van der Waals surface area contributed by atoms with Crippen molar-refractivity contribution >= 4 is 31.7 Å². The molecule has 0 saturated heterocycles. The lowest BCUT2D eigenvalue weighted by Gasteiger charge is -2.07. The molecule has 0 unspecified atom stereocenters. The predicted molar refractivity (Wildman–Crippen MR) is 82.4 cm³/mol. The first kappa shape index (κ1) is 13.6. The third kappa shape index (κ3) is 2.72. The summed E-state index contributed by atoms with van der Waals surface area (Å²) in [4.78, 5) is 0. The van der Waals surface area contributed by atoms with Gasteiger partial charge in [0.05, 0.1) is 0 Å². The van der Waals surface area contributed by atoms with Gasteiger partial charge in [-0.3, -0.25) is 4.55 Å². The van der Waals surface area contributed by atoms with Crippen LogP contribution in [-0.2, 0) is 16.5 Å². The Balaban J connectivity index is 1.90. The fourth-order valence-corrected chi connectivity index (χ4v) is 3.22. The summed E-state index contributed by atoms with van der Waals surface area (Å²) in [6.45, 7) is 0. The molecule has 2 N–H and O–H groups in total. The maximum Gasteiger partial charge on any atom is 0.283 e. The number of nitrogens with one attached hydrogen (secondary N) is 1. The third-order valence-corrected chi connectivity index (χ3v) is 4.30. The maximum atomic E-state index is 10.7. The van der Waals surface area contributed by atoms with Crippen LogP contribution in [0.25, 0.3) is 11.1 Å². The highest BCUT2D eigenvalue weighted by molar-refractivity contribution is 9.10. The summed E-state index contributed by atoms with van der Waals surface area (Å²) >= 11 is 3.46. The molecule has 0 amide bonds. The molecule has 0 bridgehead atoms. The molecule has 3 rings (SSSR count). The van der Waals surface area contributed by atoms with Gasteiger partial charge in [0.1, 0.15) is 5.88 Å². The van der Waals surface area contributed by atoms with E-state index in [0.717, 1.165) is 16.5 Å². The Labute approximate surface area is 125 Å². The highest BCUT2D eigenvalue weighted by Crippen LogP contribution is 2.38. The van der Waals surface area contributed by atoms with Gasteiger partial charge in [-0.05, 0) is 52.9 Å². The molecule has 0 aliphatic heterocycles. The number of fused-ring (bicyclic) bond motifs is 3. The normalized spacial score (nSPS) is 12.9. The van der Waals surface area contributed by atoms with Crippen molar-refractivity contribution in [2.75, 3.05) is 11.2 Å². The fourth-order valence-electron chi connectivity index (χ4n) is 2.46. The summed E-state index contributed by atoms with van der Waals surface area (Å²) in [5.41, 5.74) is 5.47. The van der Waals surface area contributed by atoms with Crippen molar-refractivity contribution in [3.63, 3.8) is 0 Å². The summed E-state index contributed by atoms with van der Waals surface area (Å²) in [6.07, 6.45) is 0.825. The molecule has 104 valence electrons. The van der Waals surface area contributed by atoms with Crippen molar-refractivity contribution in [2.45, 2.75) is 6.42 Å². The van der Waals surface area contributed by atoms with Crippen LogP contribution < -0.4 is 5.32 Å². The first-order chi connectivity index (χ1) is 9.42. The SMILES string of the molecule is O=S(=O)(O)CNc1ccc2c(c1)Cc1cc(Br)ccc1-2. The van der Waals surface area contributed by atoms with Crippen LogP contribution in [0.15, 0.2) is 40.9 Å². The van der Waals surface area contributed by atoms with Crippen molar-refractivity contribution in [1.29, 1.82) is 0 Å². The largest absolute Gasteiger partial charge is 0.370 e. The molecule has 4 nitrogen and oxygen atoms in total. The van der Waals surface area contributed by atoms with E-state index in [2.05, 4.69) is 33.4 Å². The lowest BCUT2D eigenvalue weighted by atomic mass is 10.1. The van der Waals surface area contributed by atoms with Gasteiger partial charge >= 0.3 is 0 Å². The first-order valence-corrected chi connectivity index (χ1v) is 8.43. The van der Waals surface area contributed by atoms with E-state index in [-0.39, 0.29) is 0 Å². The molecular weight excluding hydrogens is 342 g/mol. The number of anilines is 1. The van der Waals surface area contributed by atoms with Gasteiger partial charge in [0.2, 0.25) is 0 Å². The van der Waals surface area contributed by atoms with Gasteiger partial charge in [0, 0.05) is 10.2 Å². The van der Waals surface area contributed by atoms with E-state index < -0.39 is 16.0 Å². The minimum atomic E-state index is -4.01. The van der Waals surface area contributed by atoms with Crippen molar-refractivity contribution < 1.29 is 13.0 Å². The molecule has 2 aromatic rings. The second-order valence-corrected chi connectivity index (χ2v) is 7.12. The molecule has 0 heterocycles. The number of hydrogen-bond acceptors (Lipinski definition) is 3. The van der Waals surface area contributed by atoms with Crippen LogP contribution in [0.1, 0.15) is 11.1 Å². The van der Waals surface area contributed by atoms with Crippen LogP contribution in [0.5, 0.6) is 0 Å². The number of halogens is 1. The van der Waals surface area contributed by atoms with Crippen LogP contribution in [0.2, 0.25) is 0 Å². The molecule has 0 spiro atoms.